The van der Waals surface area contributed by atoms with E-state index in [0.717, 1.165) is 31.7 Å². The van der Waals surface area contributed by atoms with Crippen LogP contribution < -0.4 is 0 Å². The number of pyridine rings is 1. The van der Waals surface area contributed by atoms with Crippen molar-refractivity contribution in [2.24, 2.45) is 0 Å². The Bertz CT molecular complexity index is 831. The van der Waals surface area contributed by atoms with E-state index in [0.29, 0.717) is 18.0 Å². The first-order chi connectivity index (χ1) is 13.7. The zero-order valence-corrected chi connectivity index (χ0v) is 17.2. The highest BCUT2D eigenvalue weighted by molar-refractivity contribution is 5.60. The summed E-state index contributed by atoms with van der Waals surface area (Å²) in [5.74, 6) is 0.603. The second kappa shape index (κ2) is 7.60. The summed E-state index contributed by atoms with van der Waals surface area (Å²) in [6, 6.07) is 5.73. The average molecular weight is 381 g/mol. The summed E-state index contributed by atoms with van der Waals surface area (Å²) < 4.78 is 7.65. The van der Waals surface area contributed by atoms with E-state index < -0.39 is 0 Å². The third-order valence-corrected chi connectivity index (χ3v) is 6.80. The maximum Gasteiger partial charge on any atom is 0.0941 e. The highest BCUT2D eigenvalue weighted by atomic mass is 16.5. The predicted molar refractivity (Wildman–Crippen MR) is 111 cm³/mol. The van der Waals surface area contributed by atoms with Crippen LogP contribution in [-0.4, -0.2) is 52.0 Å². The molecule has 2 aromatic rings. The third kappa shape index (κ3) is 3.39. The minimum Gasteiger partial charge on any atom is -0.378 e. The van der Waals surface area contributed by atoms with Crippen LogP contribution >= 0.6 is 0 Å². The fourth-order valence-corrected chi connectivity index (χ4v) is 4.99. The molecule has 1 aliphatic carbocycles. The van der Waals surface area contributed by atoms with Crippen molar-refractivity contribution in [3.05, 3.63) is 35.3 Å². The largest absolute Gasteiger partial charge is 0.378 e. The normalized spacial score (nSPS) is 21.7. The lowest BCUT2D eigenvalue weighted by Gasteiger charge is -2.41. The van der Waals surface area contributed by atoms with Gasteiger partial charge in [-0.25, -0.2) is 0 Å². The Labute approximate surface area is 168 Å². The SMILES string of the molecule is CC(C)n1nc(-c2cnc3c(c2)CCCC3)cc1C1CCN(C2COC2)CC1. The van der Waals surface area contributed by atoms with E-state index in [9.17, 15) is 0 Å². The first-order valence-electron chi connectivity index (χ1n) is 11.1. The lowest BCUT2D eigenvalue weighted by Crippen LogP contribution is -2.51. The molecule has 0 unspecified atom stereocenters. The number of hydrogen-bond donors (Lipinski definition) is 0. The molecule has 0 aromatic carbocycles. The summed E-state index contributed by atoms with van der Waals surface area (Å²) in [4.78, 5) is 7.38. The Balaban J connectivity index is 1.39. The number of hydrogen-bond acceptors (Lipinski definition) is 4. The molecule has 0 radical (unpaired) electrons. The molecule has 150 valence electrons. The third-order valence-electron chi connectivity index (χ3n) is 6.80. The van der Waals surface area contributed by atoms with Gasteiger partial charge in [-0.1, -0.05) is 0 Å². The number of piperidine rings is 1. The molecule has 5 heteroatoms. The topological polar surface area (TPSA) is 43.2 Å². The molecular formula is C23H32N4O. The fourth-order valence-electron chi connectivity index (χ4n) is 4.99. The van der Waals surface area contributed by atoms with Crippen molar-refractivity contribution in [2.45, 2.75) is 70.4 Å². The number of aryl methyl sites for hydroxylation is 2. The van der Waals surface area contributed by atoms with Gasteiger partial charge >= 0.3 is 0 Å². The number of fused-ring (bicyclic) bond motifs is 1. The summed E-state index contributed by atoms with van der Waals surface area (Å²) >= 11 is 0. The molecule has 0 atom stereocenters. The van der Waals surface area contributed by atoms with Crippen LogP contribution in [0.25, 0.3) is 11.3 Å². The van der Waals surface area contributed by atoms with E-state index in [2.05, 4.69) is 35.6 Å². The van der Waals surface area contributed by atoms with Gasteiger partial charge in [0.2, 0.25) is 0 Å². The van der Waals surface area contributed by atoms with E-state index in [4.69, 9.17) is 14.8 Å². The van der Waals surface area contributed by atoms with Crippen molar-refractivity contribution in [3.63, 3.8) is 0 Å². The predicted octanol–water partition coefficient (Wildman–Crippen LogP) is 3.98. The Morgan fingerprint density at radius 1 is 1.07 bits per heavy atom. The van der Waals surface area contributed by atoms with Crippen LogP contribution in [0.3, 0.4) is 0 Å². The first kappa shape index (κ1) is 18.3. The molecule has 4 heterocycles. The standard InChI is InChI=1S/C23H32N4O/c1-16(2)27-23(17-7-9-26(10-8-17)20-14-28-15-20)12-22(25-27)19-11-18-5-3-4-6-21(18)24-13-19/h11-13,16-17,20H,3-10,14-15H2,1-2H3. The zero-order chi connectivity index (χ0) is 19.1. The van der Waals surface area contributed by atoms with Crippen LogP contribution in [0, 0.1) is 0 Å². The summed E-state index contributed by atoms with van der Waals surface area (Å²) in [7, 11) is 0. The van der Waals surface area contributed by atoms with Crippen LogP contribution in [0.1, 0.15) is 68.4 Å². The highest BCUT2D eigenvalue weighted by Crippen LogP contribution is 2.34. The van der Waals surface area contributed by atoms with Crippen molar-refractivity contribution >= 4 is 0 Å². The molecule has 0 N–H and O–H groups in total. The molecule has 2 fully saturated rings. The molecule has 2 aromatic heterocycles. The van der Waals surface area contributed by atoms with Gasteiger partial charge in [-0.2, -0.15) is 5.10 Å². The Hall–Kier alpha value is -1.72. The maximum absolute atomic E-state index is 5.38. The maximum atomic E-state index is 5.38. The monoisotopic (exact) mass is 380 g/mol. The lowest BCUT2D eigenvalue weighted by molar-refractivity contribution is -0.0714. The van der Waals surface area contributed by atoms with Gasteiger partial charge in [0.25, 0.3) is 0 Å². The van der Waals surface area contributed by atoms with Crippen LogP contribution in [0.5, 0.6) is 0 Å². The molecule has 0 spiro atoms. The Kier molecular flexibility index (Phi) is 4.97. The number of aromatic nitrogens is 3. The zero-order valence-electron chi connectivity index (χ0n) is 17.2. The molecule has 0 saturated carbocycles. The van der Waals surface area contributed by atoms with Gasteiger partial charge in [0, 0.05) is 35.1 Å². The molecular weight excluding hydrogens is 348 g/mol. The highest BCUT2D eigenvalue weighted by Gasteiger charge is 2.31. The van der Waals surface area contributed by atoms with Crippen molar-refractivity contribution in [1.29, 1.82) is 0 Å². The molecule has 28 heavy (non-hydrogen) atoms. The average Bonchev–Trinajstić information content (AvgIpc) is 3.13. The van der Waals surface area contributed by atoms with Gasteiger partial charge < -0.3 is 4.74 Å². The molecule has 0 bridgehead atoms. The first-order valence-corrected chi connectivity index (χ1v) is 11.1. The molecule has 3 aliphatic rings. The lowest BCUT2D eigenvalue weighted by atomic mass is 9.91. The Morgan fingerprint density at radius 2 is 1.86 bits per heavy atom. The number of likely N-dealkylation sites (tertiary alicyclic amines) is 1. The smallest absolute Gasteiger partial charge is 0.0941 e. The van der Waals surface area contributed by atoms with E-state index in [1.165, 1.54) is 61.3 Å². The second-order valence-corrected chi connectivity index (χ2v) is 9.03. The Morgan fingerprint density at radius 3 is 2.57 bits per heavy atom. The van der Waals surface area contributed by atoms with Gasteiger partial charge in [-0.3, -0.25) is 14.6 Å². The minimum absolute atomic E-state index is 0.382. The van der Waals surface area contributed by atoms with E-state index in [1.807, 2.05) is 6.20 Å². The van der Waals surface area contributed by atoms with Gasteiger partial charge in [0.15, 0.2) is 0 Å². The number of rotatable bonds is 4. The van der Waals surface area contributed by atoms with Crippen LogP contribution in [0.15, 0.2) is 18.3 Å². The van der Waals surface area contributed by atoms with E-state index in [1.54, 1.807) is 0 Å². The van der Waals surface area contributed by atoms with Crippen LogP contribution in [0.2, 0.25) is 0 Å². The summed E-state index contributed by atoms with van der Waals surface area (Å²) in [6.45, 7) is 8.68. The minimum atomic E-state index is 0.382. The van der Waals surface area contributed by atoms with E-state index in [-0.39, 0.29) is 0 Å². The quantitative estimate of drug-likeness (QED) is 0.805. The molecule has 0 amide bonds. The summed E-state index contributed by atoms with van der Waals surface area (Å²) in [5, 5.41) is 5.03. The van der Waals surface area contributed by atoms with Crippen LogP contribution in [-0.2, 0) is 17.6 Å². The van der Waals surface area contributed by atoms with E-state index >= 15 is 0 Å². The molecule has 2 aliphatic heterocycles. The fraction of sp³-hybridized carbons (Fsp3) is 0.652. The van der Waals surface area contributed by atoms with Gasteiger partial charge in [-0.05, 0) is 83.2 Å². The molecule has 2 saturated heterocycles. The molecule has 5 rings (SSSR count). The summed E-state index contributed by atoms with van der Waals surface area (Å²) in [5.41, 5.74) is 6.42. The van der Waals surface area contributed by atoms with Crippen molar-refractivity contribution in [1.82, 2.24) is 19.7 Å². The van der Waals surface area contributed by atoms with Crippen molar-refractivity contribution in [3.8, 4) is 11.3 Å². The second-order valence-electron chi connectivity index (χ2n) is 9.03. The summed E-state index contributed by atoms with van der Waals surface area (Å²) in [6.07, 6.45) is 9.34. The number of nitrogens with zero attached hydrogens (tertiary/aromatic N) is 4. The molecule has 5 nitrogen and oxygen atoms in total. The van der Waals surface area contributed by atoms with Crippen molar-refractivity contribution < 1.29 is 4.74 Å². The van der Waals surface area contributed by atoms with Gasteiger partial charge in [-0.15, -0.1) is 0 Å². The van der Waals surface area contributed by atoms with Gasteiger partial charge in [0.1, 0.15) is 0 Å². The van der Waals surface area contributed by atoms with Crippen molar-refractivity contribution in [2.75, 3.05) is 26.3 Å². The van der Waals surface area contributed by atoms with Crippen LogP contribution in [0.4, 0.5) is 0 Å². The van der Waals surface area contributed by atoms with Gasteiger partial charge in [0.05, 0.1) is 24.9 Å². The number of ether oxygens (including phenoxy) is 1.